The fourth-order valence-corrected chi connectivity index (χ4v) is 2.10. The summed E-state index contributed by atoms with van der Waals surface area (Å²) in [7, 11) is 1.39. The van der Waals surface area contributed by atoms with E-state index in [0.717, 1.165) is 0 Å². The van der Waals surface area contributed by atoms with Gasteiger partial charge in [-0.25, -0.2) is 9.59 Å². The minimum Gasteiger partial charge on any atom is -0.481 e. The highest BCUT2D eigenvalue weighted by Crippen LogP contribution is 2.07. The summed E-state index contributed by atoms with van der Waals surface area (Å²) in [6, 6.07) is -1.15. The molecular formula is C15H23NO12. The SMILES string of the molecule is CN(CCOC(CC(=O)O)C(=O)O)[C@@H](CCOC(CC(=O)O)C(=O)O)C(=O)O. The van der Waals surface area contributed by atoms with Crippen LogP contribution in [-0.2, 0) is 33.4 Å². The van der Waals surface area contributed by atoms with Crippen molar-refractivity contribution in [3.8, 4) is 0 Å². The maximum Gasteiger partial charge on any atom is 0.333 e. The smallest absolute Gasteiger partial charge is 0.333 e. The zero-order valence-electron chi connectivity index (χ0n) is 15.0. The lowest BCUT2D eigenvalue weighted by Gasteiger charge is -2.25. The second-order valence-corrected chi connectivity index (χ2v) is 5.71. The van der Waals surface area contributed by atoms with Crippen LogP contribution in [0.15, 0.2) is 0 Å². The molecule has 0 aromatic rings. The zero-order valence-corrected chi connectivity index (χ0v) is 15.0. The molecule has 0 radical (unpaired) electrons. The van der Waals surface area contributed by atoms with Gasteiger partial charge >= 0.3 is 29.8 Å². The van der Waals surface area contributed by atoms with Crippen molar-refractivity contribution >= 4 is 29.8 Å². The molecule has 0 rings (SSSR count). The average molecular weight is 409 g/mol. The highest BCUT2D eigenvalue weighted by atomic mass is 16.5. The van der Waals surface area contributed by atoms with E-state index >= 15 is 0 Å². The first-order valence-corrected chi connectivity index (χ1v) is 8.01. The minimum absolute atomic E-state index is 0.0577. The average Bonchev–Trinajstić information content (AvgIpc) is 2.55. The van der Waals surface area contributed by atoms with Crippen molar-refractivity contribution in [1.82, 2.24) is 4.90 Å². The maximum atomic E-state index is 11.4. The van der Waals surface area contributed by atoms with Crippen molar-refractivity contribution in [3.05, 3.63) is 0 Å². The van der Waals surface area contributed by atoms with E-state index in [1.165, 1.54) is 11.9 Å². The van der Waals surface area contributed by atoms with E-state index in [1.807, 2.05) is 0 Å². The predicted molar refractivity (Wildman–Crippen MR) is 87.9 cm³/mol. The van der Waals surface area contributed by atoms with Gasteiger partial charge in [0, 0.05) is 13.2 Å². The van der Waals surface area contributed by atoms with Gasteiger partial charge < -0.3 is 35.0 Å². The molecule has 0 bridgehead atoms. The third kappa shape index (κ3) is 10.4. The molecule has 0 saturated heterocycles. The van der Waals surface area contributed by atoms with E-state index in [9.17, 15) is 29.1 Å². The van der Waals surface area contributed by atoms with Gasteiger partial charge in [-0.15, -0.1) is 0 Å². The number of aliphatic carboxylic acids is 5. The van der Waals surface area contributed by atoms with Crippen molar-refractivity contribution in [2.24, 2.45) is 0 Å². The van der Waals surface area contributed by atoms with E-state index in [-0.39, 0.29) is 26.2 Å². The van der Waals surface area contributed by atoms with Gasteiger partial charge in [-0.1, -0.05) is 0 Å². The van der Waals surface area contributed by atoms with Crippen molar-refractivity contribution < 1.29 is 59.0 Å². The Balaban J connectivity index is 4.59. The van der Waals surface area contributed by atoms with Gasteiger partial charge in [0.25, 0.3) is 0 Å². The monoisotopic (exact) mass is 409 g/mol. The van der Waals surface area contributed by atoms with E-state index in [1.54, 1.807) is 0 Å². The Bertz CT molecular complexity index is 577. The van der Waals surface area contributed by atoms with Gasteiger partial charge in [-0.2, -0.15) is 0 Å². The highest BCUT2D eigenvalue weighted by molar-refractivity contribution is 5.80. The van der Waals surface area contributed by atoms with Crippen LogP contribution in [0.25, 0.3) is 0 Å². The van der Waals surface area contributed by atoms with Crippen molar-refractivity contribution in [1.29, 1.82) is 0 Å². The lowest BCUT2D eigenvalue weighted by atomic mass is 10.2. The molecule has 13 heteroatoms. The van der Waals surface area contributed by atoms with Crippen LogP contribution in [0.4, 0.5) is 0 Å². The van der Waals surface area contributed by atoms with Gasteiger partial charge in [-0.05, 0) is 13.5 Å². The Morgan fingerprint density at radius 2 is 1.18 bits per heavy atom. The molecule has 0 saturated carbocycles. The summed E-state index contributed by atoms with van der Waals surface area (Å²) in [4.78, 5) is 55.6. The van der Waals surface area contributed by atoms with Crippen LogP contribution in [0.3, 0.4) is 0 Å². The number of carbonyl (C=O) groups is 5. The molecule has 0 aliphatic carbocycles. The number of likely N-dealkylation sites (N-methyl/N-ethyl adjacent to an activating group) is 1. The Morgan fingerprint density at radius 1 is 0.750 bits per heavy atom. The Labute approximate surface area is 159 Å². The fourth-order valence-electron chi connectivity index (χ4n) is 2.10. The summed E-state index contributed by atoms with van der Waals surface area (Å²) in [6.07, 6.45) is -4.91. The quantitative estimate of drug-likeness (QED) is 0.200. The summed E-state index contributed by atoms with van der Waals surface area (Å²) in [5.74, 6) is -6.97. The molecule has 0 amide bonds. The summed E-state index contributed by atoms with van der Waals surface area (Å²) < 4.78 is 9.86. The second kappa shape index (κ2) is 12.6. The zero-order chi connectivity index (χ0) is 21.9. The van der Waals surface area contributed by atoms with Gasteiger partial charge in [0.15, 0.2) is 12.2 Å². The topological polar surface area (TPSA) is 208 Å². The molecule has 0 aliphatic heterocycles. The largest absolute Gasteiger partial charge is 0.481 e. The summed E-state index contributed by atoms with van der Waals surface area (Å²) in [5.41, 5.74) is 0. The van der Waals surface area contributed by atoms with E-state index in [4.69, 9.17) is 29.9 Å². The Kier molecular flexibility index (Phi) is 11.3. The number of ether oxygens (including phenoxy) is 2. The van der Waals surface area contributed by atoms with Crippen LogP contribution >= 0.6 is 0 Å². The number of carboxylic acid groups (broad SMARTS) is 5. The van der Waals surface area contributed by atoms with Crippen LogP contribution in [0, 0.1) is 0 Å². The number of hydrogen-bond acceptors (Lipinski definition) is 8. The first kappa shape index (κ1) is 25.2. The Morgan fingerprint density at radius 3 is 1.54 bits per heavy atom. The molecular weight excluding hydrogens is 386 g/mol. The number of rotatable bonds is 16. The highest BCUT2D eigenvalue weighted by Gasteiger charge is 2.27. The molecule has 2 unspecified atom stereocenters. The van der Waals surface area contributed by atoms with E-state index < -0.39 is 60.9 Å². The van der Waals surface area contributed by atoms with Gasteiger partial charge in [0.2, 0.25) is 0 Å². The molecule has 0 fully saturated rings. The molecule has 0 spiro atoms. The molecule has 5 N–H and O–H groups in total. The van der Waals surface area contributed by atoms with Crippen molar-refractivity contribution in [2.75, 3.05) is 26.8 Å². The lowest BCUT2D eigenvalue weighted by Crippen LogP contribution is -2.42. The molecule has 160 valence electrons. The second-order valence-electron chi connectivity index (χ2n) is 5.71. The Hall–Kier alpha value is -2.77. The van der Waals surface area contributed by atoms with Crippen LogP contribution in [0.2, 0.25) is 0 Å². The van der Waals surface area contributed by atoms with Crippen molar-refractivity contribution in [2.45, 2.75) is 37.5 Å². The van der Waals surface area contributed by atoms with Crippen molar-refractivity contribution in [3.63, 3.8) is 0 Å². The molecule has 13 nitrogen and oxygen atoms in total. The van der Waals surface area contributed by atoms with E-state index in [0.29, 0.717) is 0 Å². The molecule has 0 aromatic carbocycles. The molecule has 0 heterocycles. The third-order valence-corrected chi connectivity index (χ3v) is 3.56. The first-order valence-electron chi connectivity index (χ1n) is 8.01. The summed E-state index contributed by atoms with van der Waals surface area (Å²) >= 11 is 0. The van der Waals surface area contributed by atoms with Crippen LogP contribution < -0.4 is 0 Å². The van der Waals surface area contributed by atoms with E-state index in [2.05, 4.69) is 0 Å². The number of nitrogens with zero attached hydrogens (tertiary/aromatic N) is 1. The number of hydrogen-bond donors (Lipinski definition) is 5. The number of carboxylic acids is 5. The van der Waals surface area contributed by atoms with Crippen LogP contribution in [0.1, 0.15) is 19.3 Å². The first-order chi connectivity index (χ1) is 13.0. The van der Waals surface area contributed by atoms with Gasteiger partial charge in [0.05, 0.1) is 19.4 Å². The van der Waals surface area contributed by atoms with Gasteiger partial charge in [0.1, 0.15) is 6.04 Å². The summed E-state index contributed by atoms with van der Waals surface area (Å²) in [5, 5.41) is 44.2. The standard InChI is InChI=1S/C15H23NO12/c1-16(3-5-28-10(15(25)26)7-12(19)20)8(13(21)22)2-4-27-9(14(23)24)6-11(17)18/h8-10H,2-7H2,1H3,(H,17,18)(H,19,20)(H,21,22)(H,23,24)(H,25,26)/t8-,9?,10?/m0/s1. The third-order valence-electron chi connectivity index (χ3n) is 3.56. The summed E-state index contributed by atoms with van der Waals surface area (Å²) in [6.45, 7) is -0.664. The van der Waals surface area contributed by atoms with Gasteiger partial charge in [-0.3, -0.25) is 19.3 Å². The van der Waals surface area contributed by atoms with Crippen LogP contribution in [0.5, 0.6) is 0 Å². The molecule has 3 atom stereocenters. The molecule has 28 heavy (non-hydrogen) atoms. The predicted octanol–water partition coefficient (Wildman–Crippen LogP) is -1.35. The molecule has 0 aliphatic rings. The maximum absolute atomic E-state index is 11.4. The minimum atomic E-state index is -1.62. The lowest BCUT2D eigenvalue weighted by molar-refractivity contribution is -0.158. The van der Waals surface area contributed by atoms with Crippen LogP contribution in [-0.4, -0.2) is 105 Å². The molecule has 0 aromatic heterocycles. The normalized spacial score (nSPS) is 14.2. The fraction of sp³-hybridized carbons (Fsp3) is 0.667.